The predicted molar refractivity (Wildman–Crippen MR) is 103 cm³/mol. The predicted octanol–water partition coefficient (Wildman–Crippen LogP) is 4.63. The first-order chi connectivity index (χ1) is 13.8. The van der Waals surface area contributed by atoms with Crippen molar-refractivity contribution in [3.05, 3.63) is 53.6 Å². The normalized spacial score (nSPS) is 13.7. The number of anilines is 2. The number of hydrogen-bond donors (Lipinski definition) is 2. The van der Waals surface area contributed by atoms with E-state index < -0.39 is 29.9 Å². The Bertz CT molecular complexity index is 891. The van der Waals surface area contributed by atoms with Crippen molar-refractivity contribution in [3.63, 3.8) is 0 Å². The topological polar surface area (TPSA) is 67.4 Å². The first-order valence-corrected chi connectivity index (χ1v) is 9.30. The van der Waals surface area contributed by atoms with E-state index in [0.717, 1.165) is 37.0 Å². The molecule has 0 saturated heterocycles. The smallest absolute Gasteiger partial charge is 0.418 e. The highest BCUT2D eigenvalue weighted by molar-refractivity contribution is 5.96. The molecule has 8 heteroatoms. The third kappa shape index (κ3) is 5.73. The molecule has 5 nitrogen and oxygen atoms in total. The number of amides is 2. The number of hydrogen-bond acceptors (Lipinski definition) is 3. The van der Waals surface area contributed by atoms with Crippen LogP contribution in [0.3, 0.4) is 0 Å². The zero-order valence-electron chi connectivity index (χ0n) is 15.8. The maximum absolute atomic E-state index is 13.4. The summed E-state index contributed by atoms with van der Waals surface area (Å²) >= 11 is 0. The molecule has 1 aliphatic carbocycles. The lowest BCUT2D eigenvalue weighted by Gasteiger charge is -2.16. The van der Waals surface area contributed by atoms with Crippen molar-refractivity contribution in [2.75, 3.05) is 17.2 Å². The highest BCUT2D eigenvalue weighted by atomic mass is 19.4. The van der Waals surface area contributed by atoms with Gasteiger partial charge in [0.25, 0.3) is 5.91 Å². The second kappa shape index (κ2) is 8.55. The molecule has 29 heavy (non-hydrogen) atoms. The number of halogens is 3. The van der Waals surface area contributed by atoms with E-state index in [0.29, 0.717) is 5.75 Å². The number of alkyl halides is 3. The van der Waals surface area contributed by atoms with Gasteiger partial charge in [0.1, 0.15) is 5.75 Å². The molecule has 0 atom stereocenters. The molecule has 2 N–H and O–H groups in total. The summed E-state index contributed by atoms with van der Waals surface area (Å²) in [6.45, 7) is 1.58. The van der Waals surface area contributed by atoms with E-state index in [1.807, 2.05) is 19.1 Å². The van der Waals surface area contributed by atoms with E-state index >= 15 is 0 Å². The highest BCUT2D eigenvalue weighted by Gasteiger charge is 2.35. The number of carbonyl (C=O) groups excluding carboxylic acids is 2. The average Bonchev–Trinajstić information content (AvgIpc) is 3.52. The van der Waals surface area contributed by atoms with Gasteiger partial charge in [-0.05, 0) is 55.2 Å². The van der Waals surface area contributed by atoms with Crippen molar-refractivity contribution >= 4 is 23.2 Å². The molecule has 2 aromatic carbocycles. The molecule has 0 aliphatic heterocycles. The largest absolute Gasteiger partial charge is 0.484 e. The van der Waals surface area contributed by atoms with Crippen LogP contribution in [0.5, 0.6) is 5.75 Å². The van der Waals surface area contributed by atoms with Gasteiger partial charge in [-0.2, -0.15) is 13.2 Å². The fraction of sp³-hybridized carbons (Fsp3) is 0.333. The Labute approximate surface area is 166 Å². The second-order valence-corrected chi connectivity index (χ2v) is 6.86. The van der Waals surface area contributed by atoms with E-state index in [1.165, 1.54) is 6.07 Å². The number of ether oxygens (including phenoxy) is 1. The second-order valence-electron chi connectivity index (χ2n) is 6.86. The van der Waals surface area contributed by atoms with E-state index in [4.69, 9.17) is 4.74 Å². The Balaban J connectivity index is 1.66. The van der Waals surface area contributed by atoms with Crippen LogP contribution in [0.4, 0.5) is 24.5 Å². The maximum Gasteiger partial charge on any atom is 0.418 e. The lowest BCUT2D eigenvalue weighted by atomic mass is 10.1. The van der Waals surface area contributed by atoms with Crippen molar-refractivity contribution in [2.24, 2.45) is 5.92 Å². The number of benzene rings is 2. The number of rotatable bonds is 7. The van der Waals surface area contributed by atoms with Crippen molar-refractivity contribution < 1.29 is 27.5 Å². The third-order valence-electron chi connectivity index (χ3n) is 4.52. The minimum absolute atomic E-state index is 0.0412. The third-order valence-corrected chi connectivity index (χ3v) is 4.52. The average molecular weight is 406 g/mol. The van der Waals surface area contributed by atoms with Crippen molar-refractivity contribution in [1.29, 1.82) is 0 Å². The molecule has 1 fully saturated rings. The number of nitrogens with one attached hydrogen (secondary N) is 2. The molecule has 0 spiro atoms. The Morgan fingerprint density at radius 1 is 1.07 bits per heavy atom. The van der Waals surface area contributed by atoms with Gasteiger partial charge < -0.3 is 15.4 Å². The molecule has 3 rings (SSSR count). The Kier molecular flexibility index (Phi) is 6.10. The van der Waals surface area contributed by atoms with Gasteiger partial charge >= 0.3 is 6.18 Å². The lowest BCUT2D eigenvalue weighted by Crippen LogP contribution is -2.22. The molecule has 0 aromatic heterocycles. The molecule has 2 aromatic rings. The van der Waals surface area contributed by atoms with Crippen LogP contribution in [0.2, 0.25) is 0 Å². The molecule has 154 valence electrons. The van der Waals surface area contributed by atoms with Gasteiger partial charge in [-0.25, -0.2) is 0 Å². The van der Waals surface area contributed by atoms with Crippen molar-refractivity contribution in [3.8, 4) is 5.75 Å². The highest BCUT2D eigenvalue weighted by Crippen LogP contribution is 2.37. The zero-order chi connectivity index (χ0) is 21.0. The summed E-state index contributed by atoms with van der Waals surface area (Å²) in [6, 6.07) is 10.4. The molecular weight excluding hydrogens is 385 g/mol. The summed E-state index contributed by atoms with van der Waals surface area (Å²) in [5, 5.41) is 4.71. The number of aryl methyl sites for hydroxylation is 1. The SMILES string of the molecule is CCc1ccc(OCC(=O)Nc2ccc(NC(=O)C3CC3)cc2C(F)(F)F)cc1. The van der Waals surface area contributed by atoms with Gasteiger partial charge in [0.15, 0.2) is 6.61 Å². The molecular formula is C21H21F3N2O3. The Morgan fingerprint density at radius 3 is 2.34 bits per heavy atom. The molecule has 0 heterocycles. The minimum atomic E-state index is -4.69. The van der Waals surface area contributed by atoms with Gasteiger partial charge in [-0.15, -0.1) is 0 Å². The molecule has 1 aliphatic rings. The van der Waals surface area contributed by atoms with Crippen LogP contribution in [0, 0.1) is 5.92 Å². The van der Waals surface area contributed by atoms with Crippen LogP contribution in [0.1, 0.15) is 30.9 Å². The van der Waals surface area contributed by atoms with Crippen LogP contribution in [0.15, 0.2) is 42.5 Å². The van der Waals surface area contributed by atoms with Gasteiger partial charge in [-0.1, -0.05) is 19.1 Å². The molecule has 2 amide bonds. The standard InChI is InChI=1S/C21H21F3N2O3/c1-2-13-3-8-16(9-4-13)29-12-19(27)26-18-10-7-15(11-17(18)21(22,23)24)25-20(28)14-5-6-14/h3-4,7-11,14H,2,5-6,12H2,1H3,(H,25,28)(H,26,27). The summed E-state index contributed by atoms with van der Waals surface area (Å²) in [6.07, 6.45) is -2.35. The summed E-state index contributed by atoms with van der Waals surface area (Å²) < 4.78 is 45.6. The van der Waals surface area contributed by atoms with E-state index in [-0.39, 0.29) is 17.5 Å². The van der Waals surface area contributed by atoms with Crippen LogP contribution in [0.25, 0.3) is 0 Å². The van der Waals surface area contributed by atoms with Crippen molar-refractivity contribution in [1.82, 2.24) is 0 Å². The monoisotopic (exact) mass is 406 g/mol. The zero-order valence-corrected chi connectivity index (χ0v) is 15.8. The fourth-order valence-electron chi connectivity index (χ4n) is 2.71. The van der Waals surface area contributed by atoms with Crippen LogP contribution in [-0.2, 0) is 22.2 Å². The van der Waals surface area contributed by atoms with E-state index in [9.17, 15) is 22.8 Å². The van der Waals surface area contributed by atoms with Gasteiger partial charge in [0.2, 0.25) is 5.91 Å². The maximum atomic E-state index is 13.4. The Morgan fingerprint density at radius 2 is 1.76 bits per heavy atom. The van der Waals surface area contributed by atoms with Crippen LogP contribution >= 0.6 is 0 Å². The summed E-state index contributed by atoms with van der Waals surface area (Å²) in [5.74, 6) is -0.693. The lowest BCUT2D eigenvalue weighted by molar-refractivity contribution is -0.137. The molecule has 1 saturated carbocycles. The van der Waals surface area contributed by atoms with Gasteiger partial charge in [0.05, 0.1) is 11.3 Å². The van der Waals surface area contributed by atoms with Crippen LogP contribution < -0.4 is 15.4 Å². The fourth-order valence-corrected chi connectivity index (χ4v) is 2.71. The van der Waals surface area contributed by atoms with Crippen LogP contribution in [-0.4, -0.2) is 18.4 Å². The summed E-state index contributed by atoms with van der Waals surface area (Å²) in [7, 11) is 0. The minimum Gasteiger partial charge on any atom is -0.484 e. The summed E-state index contributed by atoms with van der Waals surface area (Å²) in [5.41, 5.74) is -0.284. The first-order valence-electron chi connectivity index (χ1n) is 9.30. The van der Waals surface area contributed by atoms with E-state index in [1.54, 1.807) is 12.1 Å². The number of carbonyl (C=O) groups is 2. The quantitative estimate of drug-likeness (QED) is 0.704. The van der Waals surface area contributed by atoms with Crippen molar-refractivity contribution in [2.45, 2.75) is 32.4 Å². The van der Waals surface area contributed by atoms with Gasteiger partial charge in [0, 0.05) is 11.6 Å². The van der Waals surface area contributed by atoms with E-state index in [2.05, 4.69) is 10.6 Å². The summed E-state index contributed by atoms with van der Waals surface area (Å²) in [4.78, 5) is 23.9. The molecule has 0 unspecified atom stereocenters. The molecule has 0 radical (unpaired) electrons. The first kappa shape index (κ1) is 20.7. The molecule has 0 bridgehead atoms. The Hall–Kier alpha value is -3.03. The van der Waals surface area contributed by atoms with Gasteiger partial charge in [-0.3, -0.25) is 9.59 Å².